The molecular formula is C16H19BrN2O. The van der Waals surface area contributed by atoms with Crippen molar-refractivity contribution in [1.82, 2.24) is 4.98 Å². The van der Waals surface area contributed by atoms with E-state index in [1.54, 1.807) is 12.4 Å². The van der Waals surface area contributed by atoms with Crippen LogP contribution in [0.2, 0.25) is 0 Å². The van der Waals surface area contributed by atoms with Gasteiger partial charge in [-0.25, -0.2) is 0 Å². The highest BCUT2D eigenvalue weighted by atomic mass is 79.9. The van der Waals surface area contributed by atoms with E-state index in [0.717, 1.165) is 22.2 Å². The number of aryl methyl sites for hydroxylation is 1. The van der Waals surface area contributed by atoms with Gasteiger partial charge in [0.2, 0.25) is 0 Å². The second kappa shape index (κ2) is 6.86. The lowest BCUT2D eigenvalue weighted by molar-refractivity contribution is 0.170. The first-order valence-corrected chi connectivity index (χ1v) is 7.49. The summed E-state index contributed by atoms with van der Waals surface area (Å²) in [5.74, 6) is 0.807. The Labute approximate surface area is 128 Å². The predicted octanol–water partition coefficient (Wildman–Crippen LogP) is 4.01. The number of aromatic nitrogens is 1. The van der Waals surface area contributed by atoms with Crippen molar-refractivity contribution >= 4 is 15.9 Å². The van der Waals surface area contributed by atoms with Crippen molar-refractivity contribution in [3.8, 4) is 5.75 Å². The van der Waals surface area contributed by atoms with Gasteiger partial charge in [-0.15, -0.1) is 0 Å². The van der Waals surface area contributed by atoms with Crippen molar-refractivity contribution < 1.29 is 4.74 Å². The maximum Gasteiger partial charge on any atom is 0.139 e. The van der Waals surface area contributed by atoms with Crippen LogP contribution in [0.5, 0.6) is 5.75 Å². The second-order valence-corrected chi connectivity index (χ2v) is 5.68. The maximum atomic E-state index is 6.22. The van der Waals surface area contributed by atoms with Crippen molar-refractivity contribution in [1.29, 1.82) is 0 Å². The first kappa shape index (κ1) is 15.0. The van der Waals surface area contributed by atoms with Gasteiger partial charge in [0, 0.05) is 18.4 Å². The molecule has 20 heavy (non-hydrogen) atoms. The molecule has 0 saturated heterocycles. The summed E-state index contributed by atoms with van der Waals surface area (Å²) in [6.45, 7) is 4.11. The molecule has 3 nitrogen and oxygen atoms in total. The summed E-state index contributed by atoms with van der Waals surface area (Å²) in [6, 6.07) is 9.86. The Kier molecular flexibility index (Phi) is 5.15. The lowest BCUT2D eigenvalue weighted by atomic mass is 10.0. The van der Waals surface area contributed by atoms with Gasteiger partial charge in [0.25, 0.3) is 0 Å². The molecule has 0 radical (unpaired) electrons. The summed E-state index contributed by atoms with van der Waals surface area (Å²) in [5, 5.41) is 0. The average Bonchev–Trinajstić information content (AvgIpc) is 2.46. The third-order valence-electron chi connectivity index (χ3n) is 3.24. The number of hydrogen-bond donors (Lipinski definition) is 1. The Balaban J connectivity index is 2.29. The van der Waals surface area contributed by atoms with Gasteiger partial charge in [-0.3, -0.25) is 4.98 Å². The standard InChI is InChI=1S/C16H19BrN2O/c1-3-14(18)16(12-6-8-19-9-7-12)20-15-5-4-11(2)10-13(15)17/h4-10,14,16H,3,18H2,1-2H3. The van der Waals surface area contributed by atoms with Crippen LogP contribution in [-0.2, 0) is 0 Å². The van der Waals surface area contributed by atoms with Gasteiger partial charge in [-0.2, -0.15) is 0 Å². The SMILES string of the molecule is CCC(N)C(Oc1ccc(C)cc1Br)c1ccncc1. The van der Waals surface area contributed by atoms with Crippen LogP contribution < -0.4 is 10.5 Å². The number of ether oxygens (including phenoxy) is 1. The van der Waals surface area contributed by atoms with Crippen LogP contribution in [0.25, 0.3) is 0 Å². The molecule has 0 bridgehead atoms. The largest absolute Gasteiger partial charge is 0.483 e. The molecule has 2 atom stereocenters. The minimum Gasteiger partial charge on any atom is -0.483 e. The van der Waals surface area contributed by atoms with Gasteiger partial charge in [-0.1, -0.05) is 13.0 Å². The van der Waals surface area contributed by atoms with Crippen LogP contribution in [0.1, 0.15) is 30.6 Å². The number of nitrogens with zero attached hydrogens (tertiary/aromatic N) is 1. The first-order valence-electron chi connectivity index (χ1n) is 6.70. The lowest BCUT2D eigenvalue weighted by Crippen LogP contribution is -2.31. The Hall–Kier alpha value is -1.39. The van der Waals surface area contributed by atoms with Gasteiger partial charge in [-0.05, 0) is 64.7 Å². The number of halogens is 1. The quantitative estimate of drug-likeness (QED) is 0.898. The number of rotatable bonds is 5. The number of hydrogen-bond acceptors (Lipinski definition) is 3. The van der Waals surface area contributed by atoms with Gasteiger partial charge in [0.1, 0.15) is 11.9 Å². The summed E-state index contributed by atoms with van der Waals surface area (Å²) in [5.41, 5.74) is 8.44. The number of nitrogens with two attached hydrogens (primary N) is 1. The van der Waals surface area contributed by atoms with E-state index in [-0.39, 0.29) is 12.1 Å². The summed E-state index contributed by atoms with van der Waals surface area (Å²) in [4.78, 5) is 4.04. The fraction of sp³-hybridized carbons (Fsp3) is 0.312. The number of benzene rings is 1. The Morgan fingerprint density at radius 3 is 2.55 bits per heavy atom. The molecule has 0 saturated carbocycles. The Morgan fingerprint density at radius 1 is 1.25 bits per heavy atom. The molecule has 2 rings (SSSR count). The van der Waals surface area contributed by atoms with Crippen LogP contribution in [-0.4, -0.2) is 11.0 Å². The van der Waals surface area contributed by atoms with Crippen molar-refractivity contribution in [2.75, 3.05) is 0 Å². The topological polar surface area (TPSA) is 48.1 Å². The molecule has 0 spiro atoms. The second-order valence-electron chi connectivity index (χ2n) is 4.82. The van der Waals surface area contributed by atoms with Gasteiger partial charge >= 0.3 is 0 Å². The molecule has 0 fully saturated rings. The fourth-order valence-corrected chi connectivity index (χ4v) is 2.59. The molecule has 4 heteroatoms. The van der Waals surface area contributed by atoms with E-state index >= 15 is 0 Å². The summed E-state index contributed by atoms with van der Waals surface area (Å²) in [7, 11) is 0. The van der Waals surface area contributed by atoms with Crippen molar-refractivity contribution in [3.05, 3.63) is 58.3 Å². The molecule has 0 aliphatic carbocycles. The van der Waals surface area contributed by atoms with E-state index < -0.39 is 0 Å². The lowest BCUT2D eigenvalue weighted by Gasteiger charge is -2.25. The van der Waals surface area contributed by atoms with E-state index in [0.29, 0.717) is 0 Å². The van der Waals surface area contributed by atoms with Crippen molar-refractivity contribution in [2.24, 2.45) is 5.73 Å². The maximum absolute atomic E-state index is 6.22. The third kappa shape index (κ3) is 3.58. The van der Waals surface area contributed by atoms with E-state index in [9.17, 15) is 0 Å². The van der Waals surface area contributed by atoms with E-state index in [1.807, 2.05) is 37.3 Å². The first-order chi connectivity index (χ1) is 9.61. The normalized spacial score (nSPS) is 13.8. The molecule has 0 aliphatic heterocycles. The molecule has 2 unspecified atom stereocenters. The molecule has 1 aromatic heterocycles. The molecule has 2 aromatic rings. The minimum absolute atomic E-state index is 0.0643. The van der Waals surface area contributed by atoms with Crippen LogP contribution in [0, 0.1) is 6.92 Å². The monoisotopic (exact) mass is 334 g/mol. The molecule has 0 amide bonds. The Morgan fingerprint density at radius 2 is 1.95 bits per heavy atom. The van der Waals surface area contributed by atoms with Crippen LogP contribution in [0.3, 0.4) is 0 Å². The van der Waals surface area contributed by atoms with E-state index in [2.05, 4.69) is 27.8 Å². The van der Waals surface area contributed by atoms with E-state index in [4.69, 9.17) is 10.5 Å². The highest BCUT2D eigenvalue weighted by molar-refractivity contribution is 9.10. The van der Waals surface area contributed by atoms with Crippen LogP contribution in [0.15, 0.2) is 47.2 Å². The van der Waals surface area contributed by atoms with Crippen molar-refractivity contribution in [2.45, 2.75) is 32.4 Å². The molecule has 1 heterocycles. The minimum atomic E-state index is -0.179. The summed E-state index contributed by atoms with van der Waals surface area (Å²) in [6.07, 6.45) is 4.19. The van der Waals surface area contributed by atoms with Gasteiger partial charge < -0.3 is 10.5 Å². The molecule has 2 N–H and O–H groups in total. The van der Waals surface area contributed by atoms with Crippen LogP contribution >= 0.6 is 15.9 Å². The Bertz CT molecular complexity index is 560. The highest BCUT2D eigenvalue weighted by Gasteiger charge is 2.21. The fourth-order valence-electron chi connectivity index (χ4n) is 2.01. The zero-order valence-corrected chi connectivity index (χ0v) is 13.3. The van der Waals surface area contributed by atoms with E-state index in [1.165, 1.54) is 5.56 Å². The smallest absolute Gasteiger partial charge is 0.139 e. The zero-order valence-electron chi connectivity index (χ0n) is 11.7. The van der Waals surface area contributed by atoms with Crippen molar-refractivity contribution in [3.63, 3.8) is 0 Å². The molecule has 0 aliphatic rings. The highest BCUT2D eigenvalue weighted by Crippen LogP contribution is 2.31. The number of pyridine rings is 1. The van der Waals surface area contributed by atoms with Gasteiger partial charge in [0.15, 0.2) is 0 Å². The summed E-state index contributed by atoms with van der Waals surface area (Å²) < 4.78 is 7.08. The zero-order chi connectivity index (χ0) is 14.5. The third-order valence-corrected chi connectivity index (χ3v) is 3.86. The molecular weight excluding hydrogens is 316 g/mol. The average molecular weight is 335 g/mol. The van der Waals surface area contributed by atoms with Gasteiger partial charge in [0.05, 0.1) is 4.47 Å². The molecule has 106 valence electrons. The molecule has 1 aromatic carbocycles. The summed E-state index contributed by atoms with van der Waals surface area (Å²) >= 11 is 3.54. The van der Waals surface area contributed by atoms with Crippen LogP contribution in [0.4, 0.5) is 0 Å². The predicted molar refractivity (Wildman–Crippen MR) is 84.8 cm³/mol.